The van der Waals surface area contributed by atoms with Crippen LogP contribution in [-0.2, 0) is 0 Å². The Morgan fingerprint density at radius 1 is 1.18 bits per heavy atom. The number of rotatable bonds is 3. The minimum Gasteiger partial charge on any atom is -0.477 e. The Labute approximate surface area is 125 Å². The number of pyridine rings is 1. The van der Waals surface area contributed by atoms with E-state index < -0.39 is 5.97 Å². The topological polar surface area (TPSA) is 91.8 Å². The van der Waals surface area contributed by atoms with Crippen molar-refractivity contribution in [1.82, 2.24) is 14.8 Å². The van der Waals surface area contributed by atoms with E-state index in [2.05, 4.69) is 10.1 Å². The summed E-state index contributed by atoms with van der Waals surface area (Å²) in [5.41, 5.74) is 2.05. The highest BCUT2D eigenvalue weighted by molar-refractivity contribution is 5.88. The molecule has 0 saturated carbocycles. The van der Waals surface area contributed by atoms with Crippen LogP contribution in [0.2, 0.25) is 0 Å². The summed E-state index contributed by atoms with van der Waals surface area (Å²) in [5.74, 6) is -1.11. The summed E-state index contributed by atoms with van der Waals surface area (Å²) in [5, 5.41) is 22.9. The van der Waals surface area contributed by atoms with Crippen molar-refractivity contribution >= 4 is 5.97 Å². The highest BCUT2D eigenvalue weighted by Gasteiger charge is 2.18. The van der Waals surface area contributed by atoms with E-state index in [1.807, 2.05) is 6.07 Å². The number of benzene rings is 1. The number of hydrogen-bond donors (Lipinski definition) is 1. The zero-order valence-corrected chi connectivity index (χ0v) is 11.3. The van der Waals surface area contributed by atoms with Crippen molar-refractivity contribution in [3.63, 3.8) is 0 Å². The fraction of sp³-hybridized carbons (Fsp3) is 0. The molecule has 6 heteroatoms. The second kappa shape index (κ2) is 5.50. The molecule has 106 valence electrons. The van der Waals surface area contributed by atoms with E-state index in [9.17, 15) is 15.2 Å². The van der Waals surface area contributed by atoms with Crippen LogP contribution in [0.5, 0.6) is 0 Å². The van der Waals surface area contributed by atoms with E-state index in [1.165, 1.54) is 10.7 Å². The van der Waals surface area contributed by atoms with Crippen LogP contribution < -0.4 is 0 Å². The van der Waals surface area contributed by atoms with Gasteiger partial charge in [-0.05, 0) is 30.3 Å². The van der Waals surface area contributed by atoms with E-state index in [-0.39, 0.29) is 5.69 Å². The molecule has 0 saturated heterocycles. The molecule has 1 N–H and O–H groups in total. The fourth-order valence-electron chi connectivity index (χ4n) is 2.13. The Morgan fingerprint density at radius 3 is 2.59 bits per heavy atom. The highest BCUT2D eigenvalue weighted by Crippen LogP contribution is 2.22. The number of nitrogens with zero attached hydrogens (tertiary/aromatic N) is 4. The number of carbonyl (C=O) groups is 1. The van der Waals surface area contributed by atoms with Crippen molar-refractivity contribution in [3.05, 3.63) is 66.1 Å². The minimum atomic E-state index is -1.11. The van der Waals surface area contributed by atoms with Crippen LogP contribution in [0.25, 0.3) is 16.9 Å². The van der Waals surface area contributed by atoms with Crippen molar-refractivity contribution < 1.29 is 9.90 Å². The predicted octanol–water partition coefficient (Wildman–Crippen LogP) is 2.50. The molecule has 6 nitrogen and oxygen atoms in total. The van der Waals surface area contributed by atoms with Gasteiger partial charge < -0.3 is 5.11 Å². The summed E-state index contributed by atoms with van der Waals surface area (Å²) in [6.07, 6.45) is 3.22. The van der Waals surface area contributed by atoms with Gasteiger partial charge in [-0.1, -0.05) is 12.1 Å². The maximum atomic E-state index is 11.5. The van der Waals surface area contributed by atoms with Gasteiger partial charge in [0.15, 0.2) is 5.69 Å². The van der Waals surface area contributed by atoms with Crippen LogP contribution in [0, 0.1) is 11.3 Å². The van der Waals surface area contributed by atoms with Crippen molar-refractivity contribution in [2.45, 2.75) is 0 Å². The fourth-order valence-corrected chi connectivity index (χ4v) is 2.13. The summed E-state index contributed by atoms with van der Waals surface area (Å²) in [7, 11) is 0. The van der Waals surface area contributed by atoms with Crippen LogP contribution in [-0.4, -0.2) is 25.8 Å². The van der Waals surface area contributed by atoms with Gasteiger partial charge in [0.25, 0.3) is 0 Å². The number of para-hydroxylation sites is 1. The highest BCUT2D eigenvalue weighted by atomic mass is 16.4. The van der Waals surface area contributed by atoms with E-state index in [4.69, 9.17) is 0 Å². The molecule has 0 bridgehead atoms. The quantitative estimate of drug-likeness (QED) is 0.800. The van der Waals surface area contributed by atoms with Gasteiger partial charge in [-0.15, -0.1) is 0 Å². The average Bonchev–Trinajstić information content (AvgIpc) is 3.01. The third-order valence-electron chi connectivity index (χ3n) is 3.16. The first-order valence-electron chi connectivity index (χ1n) is 6.44. The maximum Gasteiger partial charge on any atom is 0.354 e. The van der Waals surface area contributed by atoms with Crippen LogP contribution in [0.4, 0.5) is 0 Å². The second-order valence-electron chi connectivity index (χ2n) is 4.50. The van der Waals surface area contributed by atoms with Gasteiger partial charge in [-0.3, -0.25) is 4.98 Å². The molecule has 0 aliphatic carbocycles. The lowest BCUT2D eigenvalue weighted by molar-refractivity contribution is 0.0687. The van der Waals surface area contributed by atoms with Gasteiger partial charge in [0.05, 0.1) is 16.9 Å². The van der Waals surface area contributed by atoms with Gasteiger partial charge >= 0.3 is 5.97 Å². The van der Waals surface area contributed by atoms with E-state index in [0.717, 1.165) is 5.56 Å². The lowest BCUT2D eigenvalue weighted by Gasteiger charge is -2.05. The first kappa shape index (κ1) is 13.5. The third kappa shape index (κ3) is 2.31. The van der Waals surface area contributed by atoms with Crippen LogP contribution >= 0.6 is 0 Å². The van der Waals surface area contributed by atoms with Gasteiger partial charge in [0.2, 0.25) is 0 Å². The number of hydrogen-bond acceptors (Lipinski definition) is 4. The molecule has 2 heterocycles. The molecule has 2 aromatic heterocycles. The minimum absolute atomic E-state index is 0.00508. The van der Waals surface area contributed by atoms with Crippen molar-refractivity contribution in [2.24, 2.45) is 0 Å². The molecule has 3 rings (SSSR count). The molecule has 0 spiro atoms. The molecule has 0 unspecified atom stereocenters. The largest absolute Gasteiger partial charge is 0.477 e. The van der Waals surface area contributed by atoms with E-state index in [1.54, 1.807) is 48.8 Å². The molecule has 0 amide bonds. The summed E-state index contributed by atoms with van der Waals surface area (Å²) < 4.78 is 1.27. The molecule has 1 aromatic carbocycles. The van der Waals surface area contributed by atoms with Crippen molar-refractivity contribution in [1.29, 1.82) is 5.26 Å². The molecular weight excluding hydrogens is 280 g/mol. The standard InChI is InChI=1S/C16H10N4O2/c17-10-12-3-1-2-4-14(12)20-15(16(21)22)9-13(19-20)11-5-7-18-8-6-11/h1-9H,(H,21,22). The predicted molar refractivity (Wildman–Crippen MR) is 78.5 cm³/mol. The van der Waals surface area contributed by atoms with E-state index in [0.29, 0.717) is 16.9 Å². The molecular formula is C16H10N4O2. The Kier molecular flexibility index (Phi) is 3.38. The summed E-state index contributed by atoms with van der Waals surface area (Å²) >= 11 is 0. The van der Waals surface area contributed by atoms with Crippen molar-refractivity contribution in [2.75, 3.05) is 0 Å². The average molecular weight is 290 g/mol. The summed E-state index contributed by atoms with van der Waals surface area (Å²) in [6.45, 7) is 0. The molecule has 0 aliphatic heterocycles. The number of nitriles is 1. The zero-order chi connectivity index (χ0) is 15.5. The maximum absolute atomic E-state index is 11.5. The molecule has 0 fully saturated rings. The van der Waals surface area contributed by atoms with Gasteiger partial charge in [-0.2, -0.15) is 10.4 Å². The lowest BCUT2D eigenvalue weighted by Crippen LogP contribution is -2.09. The molecule has 22 heavy (non-hydrogen) atoms. The Morgan fingerprint density at radius 2 is 1.91 bits per heavy atom. The smallest absolute Gasteiger partial charge is 0.354 e. The second-order valence-corrected chi connectivity index (χ2v) is 4.50. The van der Waals surface area contributed by atoms with Gasteiger partial charge in [0.1, 0.15) is 6.07 Å². The van der Waals surface area contributed by atoms with Gasteiger partial charge in [-0.25, -0.2) is 9.48 Å². The monoisotopic (exact) mass is 290 g/mol. The zero-order valence-electron chi connectivity index (χ0n) is 11.3. The number of carboxylic acid groups (broad SMARTS) is 1. The Hall–Kier alpha value is -3.46. The van der Waals surface area contributed by atoms with Crippen LogP contribution in [0.1, 0.15) is 16.1 Å². The van der Waals surface area contributed by atoms with E-state index >= 15 is 0 Å². The first-order chi connectivity index (χ1) is 10.7. The summed E-state index contributed by atoms with van der Waals surface area (Å²) in [4.78, 5) is 15.4. The number of carboxylic acids is 1. The lowest BCUT2D eigenvalue weighted by atomic mass is 10.2. The Bertz CT molecular complexity index is 879. The number of aromatic carboxylic acids is 1. The summed E-state index contributed by atoms with van der Waals surface area (Å²) in [6, 6.07) is 13.7. The molecule has 0 radical (unpaired) electrons. The Balaban J connectivity index is 2.22. The molecule has 3 aromatic rings. The molecule has 0 aliphatic rings. The first-order valence-corrected chi connectivity index (χ1v) is 6.44. The SMILES string of the molecule is N#Cc1ccccc1-n1nc(-c2ccncc2)cc1C(=O)O. The molecule has 0 atom stereocenters. The van der Waals surface area contributed by atoms with Crippen molar-refractivity contribution in [3.8, 4) is 23.0 Å². The van der Waals surface area contributed by atoms with Gasteiger partial charge in [0, 0.05) is 18.0 Å². The third-order valence-corrected chi connectivity index (χ3v) is 3.16. The van der Waals surface area contributed by atoms with Crippen LogP contribution in [0.15, 0.2) is 54.9 Å². The van der Waals surface area contributed by atoms with Crippen LogP contribution in [0.3, 0.4) is 0 Å². The number of aromatic nitrogens is 3. The normalized spacial score (nSPS) is 10.1.